The number of benzene rings is 2. The number of carbonyl (C=O) groups excluding carboxylic acids is 1. The Morgan fingerprint density at radius 3 is 2.35 bits per heavy atom. The Morgan fingerprint density at radius 1 is 1.20 bits per heavy atom. The van der Waals surface area contributed by atoms with Gasteiger partial charge in [-0.15, -0.1) is 0 Å². The summed E-state index contributed by atoms with van der Waals surface area (Å²) in [4.78, 5) is 21.7. The van der Waals surface area contributed by atoms with E-state index in [1.54, 1.807) is 18.2 Å². The van der Waals surface area contributed by atoms with Gasteiger partial charge in [0.15, 0.2) is 0 Å². The van der Waals surface area contributed by atoms with Gasteiger partial charge < -0.3 is 9.84 Å². The van der Waals surface area contributed by atoms with Crippen molar-refractivity contribution in [3.63, 3.8) is 0 Å². The van der Waals surface area contributed by atoms with Crippen LogP contribution in [0.3, 0.4) is 0 Å². The number of aryl methyl sites for hydroxylation is 1. The van der Waals surface area contributed by atoms with Crippen molar-refractivity contribution in [3.05, 3.63) is 53.1 Å². The average molecular weight is 269 g/mol. The van der Waals surface area contributed by atoms with Gasteiger partial charge in [-0.05, 0) is 42.3 Å². The van der Waals surface area contributed by atoms with Gasteiger partial charge in [-0.2, -0.15) is 0 Å². The van der Waals surface area contributed by atoms with Crippen LogP contribution in [0, 0.1) is 6.92 Å². The molecule has 4 heteroatoms. The van der Waals surface area contributed by atoms with Crippen molar-refractivity contribution in [2.75, 3.05) is 7.11 Å². The molecular weight excluding hydrogens is 256 g/mol. The molecule has 0 saturated carbocycles. The first kappa shape index (κ1) is 13.8. The molecule has 0 heterocycles. The first-order valence-electron chi connectivity index (χ1n) is 5.97. The molecule has 0 aromatic heterocycles. The highest BCUT2D eigenvalue weighted by atomic mass is 16.5. The zero-order chi connectivity index (χ0) is 14.7. The average Bonchev–Trinajstić information content (AvgIpc) is 2.47. The highest BCUT2D eigenvalue weighted by molar-refractivity contribution is 5.89. The van der Waals surface area contributed by atoms with Crippen LogP contribution in [-0.2, 0) is 4.79 Å². The first-order valence-corrected chi connectivity index (χ1v) is 5.97. The fourth-order valence-electron chi connectivity index (χ4n) is 1.98. The molecule has 4 nitrogen and oxygen atoms in total. The maximum absolute atomic E-state index is 10.8. The van der Waals surface area contributed by atoms with Gasteiger partial charge in [0, 0.05) is 11.1 Å². The quantitative estimate of drug-likeness (QED) is 0.927. The topological polar surface area (TPSA) is 63.6 Å². The zero-order valence-electron chi connectivity index (χ0n) is 11.1. The molecule has 2 aromatic carbocycles. The molecule has 0 aliphatic heterocycles. The fourth-order valence-corrected chi connectivity index (χ4v) is 1.98. The molecule has 0 spiro atoms. The predicted octanol–water partition coefficient (Wildman–Crippen LogP) is 2.83. The normalized spacial score (nSPS) is 10.1. The first-order chi connectivity index (χ1) is 9.56. The van der Waals surface area contributed by atoms with Crippen LogP contribution in [-0.4, -0.2) is 24.5 Å². The molecule has 2 rings (SSSR count). The largest absolute Gasteiger partial charge is 0.496 e. The maximum atomic E-state index is 10.8. The second-order valence-electron chi connectivity index (χ2n) is 4.35. The van der Waals surface area contributed by atoms with Gasteiger partial charge in [-0.3, -0.25) is 4.79 Å². The number of carboxylic acid groups (broad SMARTS) is 1. The Hall–Kier alpha value is -2.62. The molecule has 0 unspecified atom stereocenters. The van der Waals surface area contributed by atoms with Crippen molar-refractivity contribution in [2.24, 2.45) is 0 Å². The van der Waals surface area contributed by atoms with Gasteiger partial charge in [-0.25, -0.2) is 4.79 Å². The maximum Gasteiger partial charge on any atom is 0.335 e. The van der Waals surface area contributed by atoms with Gasteiger partial charge >= 0.3 is 5.97 Å². The summed E-state index contributed by atoms with van der Waals surface area (Å²) in [7, 11) is 1.52. The summed E-state index contributed by atoms with van der Waals surface area (Å²) in [6.45, 7) is 1.81. The van der Waals surface area contributed by atoms with Gasteiger partial charge in [0.25, 0.3) is 0 Å². The molecular formula is C16H13O4. The van der Waals surface area contributed by atoms with Crippen LogP contribution in [0.25, 0.3) is 11.1 Å². The van der Waals surface area contributed by atoms with Gasteiger partial charge in [-0.1, -0.05) is 12.1 Å². The van der Waals surface area contributed by atoms with Crippen molar-refractivity contribution in [1.82, 2.24) is 0 Å². The minimum absolute atomic E-state index is 0.224. The molecule has 0 aliphatic carbocycles. The summed E-state index contributed by atoms with van der Waals surface area (Å²) in [5.41, 5.74) is 3.10. The summed E-state index contributed by atoms with van der Waals surface area (Å²) in [6, 6.07) is 9.95. The Bertz CT molecular complexity index is 657. The zero-order valence-corrected chi connectivity index (χ0v) is 11.1. The minimum atomic E-state index is -0.967. The van der Waals surface area contributed by atoms with E-state index in [9.17, 15) is 9.59 Å². The van der Waals surface area contributed by atoms with Gasteiger partial charge in [0.05, 0.1) is 12.7 Å². The Balaban J connectivity index is 2.53. The Morgan fingerprint density at radius 2 is 1.85 bits per heavy atom. The molecule has 0 atom stereocenters. The smallest absolute Gasteiger partial charge is 0.335 e. The summed E-state index contributed by atoms with van der Waals surface area (Å²) < 4.78 is 5.28. The lowest BCUT2D eigenvalue weighted by molar-refractivity contribution is 0.0697. The van der Waals surface area contributed by atoms with Crippen molar-refractivity contribution >= 4 is 12.3 Å². The Kier molecular flexibility index (Phi) is 3.84. The van der Waals surface area contributed by atoms with E-state index in [-0.39, 0.29) is 5.56 Å². The molecule has 0 bridgehead atoms. The number of hydrogen-bond donors (Lipinski definition) is 1. The lowest BCUT2D eigenvalue weighted by Crippen LogP contribution is -1.96. The standard InChI is InChI=1S/C16H13O4/c1-10-7-14(15(20-2)8-13(10)9-17)11-3-5-12(6-4-11)16(18)19/h3-8H,1-2H3,(H,18,19). The van der Waals surface area contributed by atoms with Crippen molar-refractivity contribution in [1.29, 1.82) is 0 Å². The molecule has 2 aromatic rings. The second-order valence-corrected chi connectivity index (χ2v) is 4.35. The van der Waals surface area contributed by atoms with Crippen molar-refractivity contribution in [3.8, 4) is 16.9 Å². The minimum Gasteiger partial charge on any atom is -0.496 e. The van der Waals surface area contributed by atoms with E-state index < -0.39 is 5.97 Å². The number of rotatable bonds is 4. The SMILES string of the molecule is COc1cc([C]=O)c(C)cc1-c1ccc(C(=O)O)cc1. The summed E-state index contributed by atoms with van der Waals surface area (Å²) in [6.07, 6.45) is 1.86. The second kappa shape index (κ2) is 5.57. The molecule has 20 heavy (non-hydrogen) atoms. The molecule has 0 saturated heterocycles. The van der Waals surface area contributed by atoms with Gasteiger partial charge in [0.2, 0.25) is 6.29 Å². The van der Waals surface area contributed by atoms with Crippen molar-refractivity contribution in [2.45, 2.75) is 6.92 Å². The van der Waals surface area contributed by atoms with Crippen molar-refractivity contribution < 1.29 is 19.4 Å². The van der Waals surface area contributed by atoms with Crippen LogP contribution >= 0.6 is 0 Å². The fraction of sp³-hybridized carbons (Fsp3) is 0.125. The van der Waals surface area contributed by atoms with E-state index in [4.69, 9.17) is 9.84 Å². The van der Waals surface area contributed by atoms with E-state index in [1.807, 2.05) is 19.3 Å². The van der Waals surface area contributed by atoms with Crippen LogP contribution in [0.5, 0.6) is 5.75 Å². The van der Waals surface area contributed by atoms with Gasteiger partial charge in [0.1, 0.15) is 5.75 Å². The third kappa shape index (κ3) is 2.54. The lowest BCUT2D eigenvalue weighted by atomic mass is 9.98. The van der Waals surface area contributed by atoms with Crippen LogP contribution in [0.15, 0.2) is 36.4 Å². The summed E-state index contributed by atoms with van der Waals surface area (Å²) in [5, 5.41) is 8.89. The molecule has 1 radical (unpaired) electrons. The number of ether oxygens (including phenoxy) is 1. The van der Waals surface area contributed by atoms with E-state index in [1.165, 1.54) is 19.2 Å². The van der Waals surface area contributed by atoms with E-state index in [2.05, 4.69) is 0 Å². The molecule has 1 N–H and O–H groups in total. The molecule has 0 amide bonds. The third-order valence-electron chi connectivity index (χ3n) is 3.10. The number of carbonyl (C=O) groups is 1. The van der Waals surface area contributed by atoms with E-state index >= 15 is 0 Å². The number of hydrogen-bond acceptors (Lipinski definition) is 3. The van der Waals surface area contributed by atoms with Crippen LogP contribution in [0.4, 0.5) is 0 Å². The third-order valence-corrected chi connectivity index (χ3v) is 3.10. The van der Waals surface area contributed by atoms with Crippen LogP contribution in [0.1, 0.15) is 21.5 Å². The Labute approximate surface area is 116 Å². The highest BCUT2D eigenvalue weighted by Crippen LogP contribution is 2.32. The summed E-state index contributed by atoms with van der Waals surface area (Å²) in [5.74, 6) is -0.414. The molecule has 101 valence electrons. The van der Waals surface area contributed by atoms with Crippen LogP contribution < -0.4 is 4.74 Å². The lowest BCUT2D eigenvalue weighted by Gasteiger charge is -2.11. The number of carboxylic acids is 1. The number of aromatic carboxylic acids is 1. The highest BCUT2D eigenvalue weighted by Gasteiger charge is 2.11. The summed E-state index contributed by atoms with van der Waals surface area (Å²) >= 11 is 0. The number of methoxy groups -OCH3 is 1. The molecule has 0 fully saturated rings. The monoisotopic (exact) mass is 269 g/mol. The van der Waals surface area contributed by atoms with Crippen LogP contribution in [0.2, 0.25) is 0 Å². The van der Waals surface area contributed by atoms with E-state index in [0.717, 1.165) is 16.7 Å². The predicted molar refractivity (Wildman–Crippen MR) is 74.9 cm³/mol. The molecule has 0 aliphatic rings. The van der Waals surface area contributed by atoms with E-state index in [0.29, 0.717) is 11.3 Å².